The van der Waals surface area contributed by atoms with E-state index in [9.17, 15) is 80.7 Å². The fourth-order valence-electron chi connectivity index (χ4n) is 13.5. The molecular weight excluding hydrogens is 1300 g/mol. The molecule has 30 heteroatoms. The van der Waals surface area contributed by atoms with Gasteiger partial charge in [-0.25, -0.2) is 8.78 Å². The lowest BCUT2D eigenvalue weighted by molar-refractivity contribution is -0.150. The lowest BCUT2D eigenvalue weighted by atomic mass is 10.0. The lowest BCUT2D eigenvalue weighted by Gasteiger charge is -2.33. The average molecular weight is 1370 g/mol. The van der Waals surface area contributed by atoms with Crippen molar-refractivity contribution in [2.24, 2.45) is 0 Å². The molecule has 5 aromatic rings. The van der Waals surface area contributed by atoms with Crippen LogP contribution in [0.15, 0.2) is 72.8 Å². The van der Waals surface area contributed by atoms with E-state index in [1.54, 1.807) is 93.6 Å². The maximum absolute atomic E-state index is 14.0. The van der Waals surface area contributed by atoms with Crippen molar-refractivity contribution >= 4 is 88.6 Å². The molecule has 520 valence electrons. The quantitative estimate of drug-likeness (QED) is 0.170. The molecule has 0 aliphatic carbocycles. The van der Waals surface area contributed by atoms with E-state index in [1.807, 2.05) is 13.0 Å². The van der Waals surface area contributed by atoms with Crippen LogP contribution in [0.25, 0.3) is 0 Å². The van der Waals surface area contributed by atoms with Crippen LogP contribution in [0.5, 0.6) is 11.5 Å². The second-order valence-electron chi connectivity index (χ2n) is 25.4. The summed E-state index contributed by atoms with van der Waals surface area (Å²) in [5.41, 5.74) is 7.60. The highest BCUT2D eigenvalue weighted by molar-refractivity contribution is 6.09. The van der Waals surface area contributed by atoms with Crippen molar-refractivity contribution in [3.05, 3.63) is 157 Å². The maximum atomic E-state index is 14.0. The van der Waals surface area contributed by atoms with E-state index in [1.165, 1.54) is 32.7 Å². The van der Waals surface area contributed by atoms with Crippen molar-refractivity contribution in [3.63, 3.8) is 0 Å². The second-order valence-corrected chi connectivity index (χ2v) is 25.4. The number of hydrogen-bond donors (Lipinski definition) is 4. The van der Waals surface area contributed by atoms with Crippen LogP contribution in [-0.4, -0.2) is 174 Å². The van der Waals surface area contributed by atoms with Crippen LogP contribution in [0.3, 0.4) is 0 Å². The molecule has 0 radical (unpaired) electrons. The Morgan fingerprint density at radius 3 is 1.25 bits per heavy atom. The molecule has 10 aliphatic rings. The molecule has 10 aliphatic heterocycles. The normalized spacial score (nSPS) is 22.0. The lowest BCUT2D eigenvalue weighted by Crippen LogP contribution is -2.53. The summed E-state index contributed by atoms with van der Waals surface area (Å²) >= 11 is 0. The fraction of sp³-hybridized carbons (Fsp3) is 0.371. The molecule has 0 bridgehead atoms. The number of nitrogens with one attached hydrogen (secondary N) is 4. The molecule has 4 N–H and O–H groups in total. The van der Waals surface area contributed by atoms with Crippen LogP contribution in [0.1, 0.15) is 161 Å². The summed E-state index contributed by atoms with van der Waals surface area (Å²) in [4.78, 5) is 190. The van der Waals surface area contributed by atoms with E-state index < -0.39 is 65.5 Å². The number of fused-ring (bicyclic) bond motifs is 5. The van der Waals surface area contributed by atoms with Crippen molar-refractivity contribution in [2.45, 2.75) is 148 Å². The number of amides is 15. The van der Waals surface area contributed by atoms with Crippen LogP contribution in [0.4, 0.5) is 8.78 Å². The Morgan fingerprint density at radius 2 is 0.790 bits per heavy atom. The van der Waals surface area contributed by atoms with Crippen molar-refractivity contribution < 1.29 is 90.2 Å². The number of carbonyl (C=O) groups is 15. The molecule has 15 amide bonds. The molecule has 0 spiro atoms. The number of benzene rings is 4. The highest BCUT2D eigenvalue weighted by Crippen LogP contribution is 2.35. The van der Waals surface area contributed by atoms with Crippen molar-refractivity contribution in [1.82, 2.24) is 55.7 Å². The van der Waals surface area contributed by atoms with E-state index >= 15 is 0 Å². The Morgan fingerprint density at radius 1 is 0.410 bits per heavy atom. The number of aryl methyl sites for hydroxylation is 3. The van der Waals surface area contributed by atoms with Gasteiger partial charge in [0.05, 0.1) is 38.6 Å². The first-order chi connectivity index (χ1) is 47.6. The van der Waals surface area contributed by atoms with Gasteiger partial charge in [-0.2, -0.15) is 0 Å². The summed E-state index contributed by atoms with van der Waals surface area (Å²) in [5.74, 6) is -4.12. The molecule has 5 atom stereocenters. The number of likely N-dealkylation sites (tertiary alicyclic amines) is 1. The number of rotatable bonds is 7. The SMILES string of the molecule is COc1ccc2c(c1)CN(C1CCC(=O)N(C)C1=O)C2=O.COc1ccc2c(c1)CN(C1CCC(=O)NC1=O)C2=O.Cc1cc2c(cc1F)C(=O)N(C1CCC(=O)NC1=O)C2.Cc1ccc2c(c1F)CN(C1CCC(=O)NC1=O)C2=O.Cc1ccc2c(n1)CN(C1CCC(=O)NC1=O)C2=O. The largest absolute Gasteiger partial charge is 0.497 e. The van der Waals surface area contributed by atoms with Gasteiger partial charge in [0.25, 0.3) is 35.4 Å². The number of aromatic nitrogens is 1. The summed E-state index contributed by atoms with van der Waals surface area (Å²) in [6, 6.07) is 17.0. The summed E-state index contributed by atoms with van der Waals surface area (Å²) in [6.45, 7) is 6.57. The average Bonchev–Trinajstić information content (AvgIpc) is 1.65. The summed E-state index contributed by atoms with van der Waals surface area (Å²) in [6.07, 6.45) is 2.96. The standard InChI is InChI=1S/C15H16N2O4.2C14H13FN2O3.C14H14N2O4.C13H13N3O3/c1-16-13(18)6-5-12(15(16)20)17-8-9-7-10(21-2)3-4-11(9)14(17)19;1-7-4-8-6-17(14(20)9(8)5-10(7)15)11-2-3-12(18)16-13(11)19;1-7-2-3-8-9(12(7)15)6-17(14(8)20)10-4-5-11(18)16-13(10)19;1-20-9-2-3-10-8(6-9)7-16(14(10)19)11-4-5-12(17)15-13(11)18;1-7-2-3-8-9(14-7)6-16(13(8)19)10-4-5-11(17)15-12(10)18/h3-4,7,12H,5-6,8H2,1-2H3;4-5,11H,2-3,6H2,1H3,(H,16,18,19);2-3,10H,4-6H2,1H3,(H,16,18,19);2-3,6,11H,4-5,7H2,1H3,(H,15,17,18);2-3,10H,4-6H2,1H3,(H,15,17,18). The molecule has 4 aromatic carbocycles. The van der Waals surface area contributed by atoms with Crippen LogP contribution in [0.2, 0.25) is 0 Å². The number of carbonyl (C=O) groups excluding carboxylic acids is 15. The van der Waals surface area contributed by atoms with Crippen LogP contribution < -0.4 is 30.7 Å². The number of halogens is 2. The van der Waals surface area contributed by atoms with Gasteiger partial charge in [-0.3, -0.25) is 103 Å². The number of pyridine rings is 1. The topological polar surface area (TPSA) is 355 Å². The number of hydrogen-bond acceptors (Lipinski definition) is 18. The van der Waals surface area contributed by atoms with Gasteiger partial charge in [0.2, 0.25) is 53.2 Å². The zero-order valence-electron chi connectivity index (χ0n) is 55.2. The smallest absolute Gasteiger partial charge is 0.256 e. The van der Waals surface area contributed by atoms with Crippen molar-refractivity contribution in [2.75, 3.05) is 21.3 Å². The van der Waals surface area contributed by atoms with Gasteiger partial charge < -0.3 is 34.0 Å². The molecule has 5 unspecified atom stereocenters. The van der Waals surface area contributed by atoms with Gasteiger partial charge in [-0.1, -0.05) is 12.1 Å². The van der Waals surface area contributed by atoms with Crippen LogP contribution >= 0.6 is 0 Å². The highest BCUT2D eigenvalue weighted by atomic mass is 19.1. The third kappa shape index (κ3) is 13.9. The Balaban J connectivity index is 0.000000126. The Hall–Kier alpha value is -11.5. The number of methoxy groups -OCH3 is 2. The van der Waals surface area contributed by atoms with Crippen molar-refractivity contribution in [3.8, 4) is 11.5 Å². The fourth-order valence-corrected chi connectivity index (χ4v) is 13.5. The van der Waals surface area contributed by atoms with E-state index in [2.05, 4.69) is 26.3 Å². The third-order valence-electron chi connectivity index (χ3n) is 19.0. The van der Waals surface area contributed by atoms with E-state index in [0.29, 0.717) is 107 Å². The molecule has 15 rings (SSSR count). The molecular formula is C70H69F2N11O17. The van der Waals surface area contributed by atoms with Gasteiger partial charge in [-0.05, 0) is 141 Å². The van der Waals surface area contributed by atoms with Gasteiger partial charge in [0.1, 0.15) is 53.3 Å². The first kappa shape index (κ1) is 69.9. The van der Waals surface area contributed by atoms with Gasteiger partial charge >= 0.3 is 0 Å². The van der Waals surface area contributed by atoms with Gasteiger partial charge in [-0.15, -0.1) is 0 Å². The highest BCUT2D eigenvalue weighted by Gasteiger charge is 2.45. The summed E-state index contributed by atoms with van der Waals surface area (Å²) in [7, 11) is 4.60. The summed E-state index contributed by atoms with van der Waals surface area (Å²) in [5, 5.41) is 9.00. The van der Waals surface area contributed by atoms with Gasteiger partial charge in [0, 0.05) is 92.3 Å². The molecule has 0 saturated carbocycles. The maximum Gasteiger partial charge on any atom is 0.256 e. The van der Waals surface area contributed by atoms with Gasteiger partial charge in [0.15, 0.2) is 0 Å². The minimum Gasteiger partial charge on any atom is -0.497 e. The molecule has 100 heavy (non-hydrogen) atoms. The molecule has 5 fully saturated rings. The predicted molar refractivity (Wildman–Crippen MR) is 342 cm³/mol. The van der Waals surface area contributed by atoms with Crippen LogP contribution in [-0.2, 0) is 80.7 Å². The van der Waals surface area contributed by atoms with E-state index in [4.69, 9.17) is 9.47 Å². The predicted octanol–water partition coefficient (Wildman–Crippen LogP) is 3.20. The first-order valence-corrected chi connectivity index (χ1v) is 32.2. The number of imide groups is 5. The summed E-state index contributed by atoms with van der Waals surface area (Å²) < 4.78 is 37.9. The number of likely N-dealkylation sites (N-methyl/N-ethyl adjacent to an activating group) is 1. The minimum atomic E-state index is -0.702. The number of ether oxygens (including phenoxy) is 2. The molecule has 1 aromatic heterocycles. The number of piperidine rings is 5. The first-order valence-electron chi connectivity index (χ1n) is 32.2. The molecule has 11 heterocycles. The Kier molecular flexibility index (Phi) is 19.9. The zero-order chi connectivity index (χ0) is 71.9. The molecule has 5 saturated heterocycles. The second kappa shape index (κ2) is 28.5. The monoisotopic (exact) mass is 1370 g/mol. The van der Waals surface area contributed by atoms with E-state index in [-0.39, 0.29) is 117 Å². The Labute approximate surface area is 570 Å². The zero-order valence-corrected chi connectivity index (χ0v) is 55.2. The third-order valence-corrected chi connectivity index (χ3v) is 19.0. The van der Waals surface area contributed by atoms with Crippen molar-refractivity contribution in [1.29, 1.82) is 0 Å². The van der Waals surface area contributed by atoms with E-state index in [0.717, 1.165) is 27.3 Å². The Bertz CT molecular complexity index is 4400. The molecule has 28 nitrogen and oxygen atoms in total. The van der Waals surface area contributed by atoms with Crippen LogP contribution in [0, 0.1) is 32.4 Å². The number of nitrogens with zero attached hydrogens (tertiary/aromatic N) is 7. The minimum absolute atomic E-state index is 0.0773.